The van der Waals surface area contributed by atoms with E-state index in [2.05, 4.69) is 19.8 Å². The van der Waals surface area contributed by atoms with Crippen LogP contribution in [-0.4, -0.2) is 68.3 Å². The maximum absolute atomic E-state index is 5.88. The number of anilines is 2. The summed E-state index contributed by atoms with van der Waals surface area (Å²) in [5.41, 5.74) is 0. The van der Waals surface area contributed by atoms with Crippen LogP contribution in [0.25, 0.3) is 0 Å². The maximum atomic E-state index is 5.88. The zero-order valence-electron chi connectivity index (χ0n) is 14.7. The van der Waals surface area contributed by atoms with Gasteiger partial charge in [0.15, 0.2) is 0 Å². The summed E-state index contributed by atoms with van der Waals surface area (Å²) in [7, 11) is 3.98. The molecule has 0 saturated carbocycles. The van der Waals surface area contributed by atoms with E-state index in [1.165, 1.54) is 0 Å². The summed E-state index contributed by atoms with van der Waals surface area (Å²) in [6.45, 7) is 5.41. The summed E-state index contributed by atoms with van der Waals surface area (Å²) >= 11 is 5.88. The zero-order valence-corrected chi connectivity index (χ0v) is 15.5. The first-order chi connectivity index (χ1) is 12.1. The molecule has 0 spiro atoms. The molecule has 1 aromatic carbocycles. The molecule has 1 aromatic heterocycles. The van der Waals surface area contributed by atoms with E-state index in [9.17, 15) is 0 Å². The van der Waals surface area contributed by atoms with E-state index in [4.69, 9.17) is 16.3 Å². The standard InChI is InChI=1S/C18H24ClN5O/c1-22(2)17-7-8-20-18(21-17)24-11-9-23(10-12-24)13-14-25-16-5-3-15(19)4-6-16/h3-8H,9-14H2,1-2H3. The van der Waals surface area contributed by atoms with E-state index in [1.54, 1.807) is 0 Å². The van der Waals surface area contributed by atoms with Crippen LogP contribution in [0.1, 0.15) is 0 Å². The van der Waals surface area contributed by atoms with Gasteiger partial charge in [-0.1, -0.05) is 11.6 Å². The number of halogens is 1. The van der Waals surface area contributed by atoms with E-state index < -0.39 is 0 Å². The van der Waals surface area contributed by atoms with Gasteiger partial charge in [0, 0.05) is 58.0 Å². The Kier molecular flexibility index (Phi) is 5.94. The van der Waals surface area contributed by atoms with Crippen molar-refractivity contribution in [1.29, 1.82) is 0 Å². The molecule has 0 unspecified atom stereocenters. The van der Waals surface area contributed by atoms with Crippen molar-refractivity contribution < 1.29 is 4.74 Å². The van der Waals surface area contributed by atoms with E-state index >= 15 is 0 Å². The summed E-state index contributed by atoms with van der Waals surface area (Å²) in [5, 5.41) is 0.726. The number of hydrogen-bond donors (Lipinski definition) is 0. The van der Waals surface area contributed by atoms with Gasteiger partial charge in [0.1, 0.15) is 18.2 Å². The van der Waals surface area contributed by atoms with E-state index in [-0.39, 0.29) is 0 Å². The average Bonchev–Trinajstić information content (AvgIpc) is 2.64. The molecule has 0 aliphatic carbocycles. The number of rotatable bonds is 6. The van der Waals surface area contributed by atoms with Crippen molar-refractivity contribution in [2.45, 2.75) is 0 Å². The van der Waals surface area contributed by atoms with Crippen LogP contribution < -0.4 is 14.5 Å². The van der Waals surface area contributed by atoms with Gasteiger partial charge < -0.3 is 14.5 Å². The second-order valence-corrected chi connectivity index (χ2v) is 6.68. The maximum Gasteiger partial charge on any atom is 0.227 e. The molecule has 3 rings (SSSR count). The second kappa shape index (κ2) is 8.36. The highest BCUT2D eigenvalue weighted by Crippen LogP contribution is 2.16. The third-order valence-corrected chi connectivity index (χ3v) is 4.48. The third kappa shape index (κ3) is 4.96. The molecule has 0 N–H and O–H groups in total. The minimum atomic E-state index is 0.675. The van der Waals surface area contributed by atoms with Crippen LogP contribution in [0, 0.1) is 0 Å². The fourth-order valence-corrected chi connectivity index (χ4v) is 2.86. The van der Waals surface area contributed by atoms with Crippen molar-refractivity contribution in [1.82, 2.24) is 14.9 Å². The van der Waals surface area contributed by atoms with Gasteiger partial charge in [-0.25, -0.2) is 4.98 Å². The topological polar surface area (TPSA) is 44.7 Å². The van der Waals surface area contributed by atoms with Crippen LogP contribution in [0.15, 0.2) is 36.5 Å². The number of benzene rings is 1. The first-order valence-corrected chi connectivity index (χ1v) is 8.85. The molecule has 0 bridgehead atoms. The lowest BCUT2D eigenvalue weighted by atomic mass is 10.3. The number of hydrogen-bond acceptors (Lipinski definition) is 6. The molecule has 0 atom stereocenters. The van der Waals surface area contributed by atoms with Crippen molar-refractivity contribution in [3.63, 3.8) is 0 Å². The molecule has 1 aliphatic rings. The zero-order chi connectivity index (χ0) is 17.6. The van der Waals surface area contributed by atoms with E-state index in [0.717, 1.165) is 55.3 Å². The summed E-state index contributed by atoms with van der Waals surface area (Å²) in [6, 6.07) is 9.41. The Bertz CT molecular complexity index is 671. The number of ether oxygens (including phenoxy) is 1. The van der Waals surface area contributed by atoms with Gasteiger partial charge >= 0.3 is 0 Å². The average molecular weight is 362 g/mol. The molecular formula is C18H24ClN5O. The van der Waals surface area contributed by atoms with Crippen LogP contribution >= 0.6 is 11.6 Å². The molecule has 2 heterocycles. The molecule has 134 valence electrons. The molecule has 0 radical (unpaired) electrons. The van der Waals surface area contributed by atoms with Crippen molar-refractivity contribution >= 4 is 23.4 Å². The Hall–Kier alpha value is -2.05. The molecule has 2 aromatic rings. The van der Waals surface area contributed by atoms with Crippen molar-refractivity contribution in [2.75, 3.05) is 63.2 Å². The lowest BCUT2D eigenvalue weighted by Gasteiger charge is -2.34. The Morgan fingerprint density at radius 1 is 1.08 bits per heavy atom. The smallest absolute Gasteiger partial charge is 0.227 e. The first kappa shape index (κ1) is 17.8. The Labute approximate surface area is 154 Å². The monoisotopic (exact) mass is 361 g/mol. The van der Waals surface area contributed by atoms with Crippen LogP contribution in [0.3, 0.4) is 0 Å². The van der Waals surface area contributed by atoms with Crippen LogP contribution in [0.5, 0.6) is 5.75 Å². The van der Waals surface area contributed by atoms with E-state index in [0.29, 0.717) is 6.61 Å². The lowest BCUT2D eigenvalue weighted by Crippen LogP contribution is -2.48. The fourth-order valence-electron chi connectivity index (χ4n) is 2.74. The van der Waals surface area contributed by atoms with Crippen molar-refractivity contribution in [3.8, 4) is 5.75 Å². The molecule has 7 heteroatoms. The summed E-state index contributed by atoms with van der Waals surface area (Å²) in [5.74, 6) is 2.60. The summed E-state index contributed by atoms with van der Waals surface area (Å²) in [4.78, 5) is 15.7. The molecule has 0 amide bonds. The van der Waals surface area contributed by atoms with Crippen molar-refractivity contribution in [2.24, 2.45) is 0 Å². The van der Waals surface area contributed by atoms with E-state index in [1.807, 2.05) is 55.5 Å². The first-order valence-electron chi connectivity index (χ1n) is 8.48. The Morgan fingerprint density at radius 3 is 2.48 bits per heavy atom. The van der Waals surface area contributed by atoms with Crippen LogP contribution in [0.2, 0.25) is 5.02 Å². The molecule has 1 fully saturated rings. The highest BCUT2D eigenvalue weighted by molar-refractivity contribution is 6.30. The normalized spacial score (nSPS) is 15.2. The van der Waals surface area contributed by atoms with Gasteiger partial charge in [-0.2, -0.15) is 4.98 Å². The van der Waals surface area contributed by atoms with Gasteiger partial charge in [-0.15, -0.1) is 0 Å². The Morgan fingerprint density at radius 2 is 1.80 bits per heavy atom. The molecule has 6 nitrogen and oxygen atoms in total. The van der Waals surface area contributed by atoms with Gasteiger partial charge in [-0.3, -0.25) is 4.90 Å². The molecule has 25 heavy (non-hydrogen) atoms. The minimum absolute atomic E-state index is 0.675. The molecule has 1 saturated heterocycles. The van der Waals surface area contributed by atoms with Crippen molar-refractivity contribution in [3.05, 3.63) is 41.6 Å². The third-order valence-electron chi connectivity index (χ3n) is 4.23. The molecule has 1 aliphatic heterocycles. The van der Waals surface area contributed by atoms with Crippen LogP contribution in [-0.2, 0) is 0 Å². The molecular weight excluding hydrogens is 338 g/mol. The lowest BCUT2D eigenvalue weighted by molar-refractivity contribution is 0.200. The highest BCUT2D eigenvalue weighted by Gasteiger charge is 2.19. The fraction of sp³-hybridized carbons (Fsp3) is 0.444. The SMILES string of the molecule is CN(C)c1ccnc(N2CCN(CCOc3ccc(Cl)cc3)CC2)n1. The van der Waals surface area contributed by atoms with Gasteiger partial charge in [0.25, 0.3) is 0 Å². The predicted molar refractivity (Wildman–Crippen MR) is 102 cm³/mol. The quantitative estimate of drug-likeness (QED) is 0.787. The number of piperazine rings is 1. The largest absolute Gasteiger partial charge is 0.492 e. The van der Waals surface area contributed by atoms with Crippen LogP contribution in [0.4, 0.5) is 11.8 Å². The van der Waals surface area contributed by atoms with Gasteiger partial charge in [-0.05, 0) is 30.3 Å². The summed E-state index contributed by atoms with van der Waals surface area (Å²) < 4.78 is 5.77. The minimum Gasteiger partial charge on any atom is -0.492 e. The number of nitrogens with zero attached hydrogens (tertiary/aromatic N) is 5. The van der Waals surface area contributed by atoms with Gasteiger partial charge in [0.05, 0.1) is 0 Å². The summed E-state index contributed by atoms with van der Waals surface area (Å²) in [6.07, 6.45) is 1.82. The predicted octanol–water partition coefficient (Wildman–Crippen LogP) is 2.40. The second-order valence-electron chi connectivity index (χ2n) is 6.24. The number of aromatic nitrogens is 2. The Balaban J connectivity index is 1.44. The van der Waals surface area contributed by atoms with Gasteiger partial charge in [0.2, 0.25) is 5.95 Å². The highest BCUT2D eigenvalue weighted by atomic mass is 35.5.